The van der Waals surface area contributed by atoms with Gasteiger partial charge in [-0.2, -0.15) is 0 Å². The fraction of sp³-hybridized carbons (Fsp3) is 0.417. The van der Waals surface area contributed by atoms with Gasteiger partial charge in [0.25, 0.3) is 0 Å². The lowest BCUT2D eigenvalue weighted by atomic mass is 9.93. The monoisotopic (exact) mass is 491 g/mol. The highest BCUT2D eigenvalue weighted by Crippen LogP contribution is 2.24. The zero-order chi connectivity index (χ0) is 23.8. The van der Waals surface area contributed by atoms with Gasteiger partial charge in [-0.1, -0.05) is 61.0 Å². The predicted molar refractivity (Wildman–Crippen MR) is 128 cm³/mol. The number of hydrogen-bond donors (Lipinski definition) is 2. The largest absolute Gasteiger partial charge is 0.353 e. The molecule has 178 valence electrons. The van der Waals surface area contributed by atoms with Crippen molar-refractivity contribution in [2.45, 2.75) is 49.5 Å². The summed E-state index contributed by atoms with van der Waals surface area (Å²) in [6, 6.07) is 15.9. The van der Waals surface area contributed by atoms with E-state index < -0.39 is 10.0 Å². The molecule has 1 aliphatic heterocycles. The number of carbonyl (C=O) groups is 2. The van der Waals surface area contributed by atoms with Gasteiger partial charge in [-0.15, -0.1) is 0 Å². The van der Waals surface area contributed by atoms with Crippen LogP contribution in [-0.4, -0.2) is 50.8 Å². The van der Waals surface area contributed by atoms with Crippen molar-refractivity contribution >= 4 is 33.4 Å². The highest BCUT2D eigenvalue weighted by Gasteiger charge is 2.28. The minimum Gasteiger partial charge on any atom is -0.353 e. The third kappa shape index (κ3) is 6.79. The van der Waals surface area contributed by atoms with Crippen molar-refractivity contribution in [1.29, 1.82) is 0 Å². The fourth-order valence-corrected chi connectivity index (χ4v) is 5.59. The normalized spacial score (nSPS) is 15.8. The van der Waals surface area contributed by atoms with E-state index in [0.29, 0.717) is 25.9 Å². The highest BCUT2D eigenvalue weighted by atomic mass is 35.5. The van der Waals surface area contributed by atoms with Crippen LogP contribution < -0.4 is 10.0 Å². The summed E-state index contributed by atoms with van der Waals surface area (Å²) in [7, 11) is -3.78. The molecule has 7 nitrogen and oxygen atoms in total. The SMILES string of the molecule is CCC(C(=O)N1CCC(NC(=O)CCNS(=O)(=O)c2ccccc2Cl)CC1)c1ccccc1. The summed E-state index contributed by atoms with van der Waals surface area (Å²) in [5.41, 5.74) is 1.03. The smallest absolute Gasteiger partial charge is 0.242 e. The molecule has 1 saturated heterocycles. The summed E-state index contributed by atoms with van der Waals surface area (Å²) in [6.45, 7) is 3.17. The number of sulfonamides is 1. The van der Waals surface area contributed by atoms with Gasteiger partial charge >= 0.3 is 0 Å². The molecule has 3 rings (SSSR count). The number of piperidine rings is 1. The average molecular weight is 492 g/mol. The van der Waals surface area contributed by atoms with E-state index in [-0.39, 0.29) is 46.7 Å². The summed E-state index contributed by atoms with van der Waals surface area (Å²) in [6.07, 6.45) is 2.11. The summed E-state index contributed by atoms with van der Waals surface area (Å²) in [5.74, 6) is -0.247. The Labute approximate surface area is 200 Å². The van der Waals surface area contributed by atoms with Gasteiger partial charge in [0, 0.05) is 32.1 Å². The molecule has 1 unspecified atom stereocenters. The van der Waals surface area contributed by atoms with Gasteiger partial charge in [0.2, 0.25) is 21.8 Å². The maximum atomic E-state index is 13.0. The second-order valence-corrected chi connectivity index (χ2v) is 10.3. The molecular weight excluding hydrogens is 462 g/mol. The lowest BCUT2D eigenvalue weighted by Crippen LogP contribution is -2.48. The standard InChI is InChI=1S/C24H30ClN3O4S/c1-2-20(18-8-4-3-5-9-18)24(30)28-16-13-19(14-17-28)27-23(29)12-15-26-33(31,32)22-11-7-6-10-21(22)25/h3-11,19-20,26H,2,12-17H2,1H3,(H,27,29). The maximum Gasteiger partial charge on any atom is 0.242 e. The number of hydrogen-bond acceptors (Lipinski definition) is 4. The van der Waals surface area contributed by atoms with E-state index in [1.807, 2.05) is 42.2 Å². The van der Waals surface area contributed by atoms with Crippen LogP contribution in [0.4, 0.5) is 0 Å². The Bertz CT molecular complexity index is 1050. The van der Waals surface area contributed by atoms with E-state index in [9.17, 15) is 18.0 Å². The van der Waals surface area contributed by atoms with Crippen LogP contribution >= 0.6 is 11.6 Å². The van der Waals surface area contributed by atoms with Crippen LogP contribution in [0.15, 0.2) is 59.5 Å². The van der Waals surface area contributed by atoms with Crippen molar-refractivity contribution in [2.75, 3.05) is 19.6 Å². The molecule has 1 fully saturated rings. The van der Waals surface area contributed by atoms with E-state index in [2.05, 4.69) is 10.0 Å². The number of benzene rings is 2. The van der Waals surface area contributed by atoms with Crippen LogP contribution in [0.3, 0.4) is 0 Å². The summed E-state index contributed by atoms with van der Waals surface area (Å²) in [5, 5.41) is 3.09. The van der Waals surface area contributed by atoms with E-state index in [1.165, 1.54) is 12.1 Å². The van der Waals surface area contributed by atoms with Gasteiger partial charge in [0.05, 0.1) is 10.9 Å². The lowest BCUT2D eigenvalue weighted by molar-refractivity contribution is -0.134. The highest BCUT2D eigenvalue weighted by molar-refractivity contribution is 7.89. The third-order valence-corrected chi connectivity index (χ3v) is 7.81. The van der Waals surface area contributed by atoms with Crippen LogP contribution in [0.1, 0.15) is 44.1 Å². The van der Waals surface area contributed by atoms with E-state index in [1.54, 1.807) is 12.1 Å². The molecule has 33 heavy (non-hydrogen) atoms. The molecule has 1 heterocycles. The summed E-state index contributed by atoms with van der Waals surface area (Å²) in [4.78, 5) is 27.2. The Morgan fingerprint density at radius 3 is 2.33 bits per heavy atom. The van der Waals surface area contributed by atoms with Gasteiger partial charge < -0.3 is 10.2 Å². The van der Waals surface area contributed by atoms with Crippen LogP contribution in [0.5, 0.6) is 0 Å². The van der Waals surface area contributed by atoms with Crippen LogP contribution in [0.25, 0.3) is 0 Å². The van der Waals surface area contributed by atoms with E-state index in [0.717, 1.165) is 12.0 Å². The molecule has 0 aromatic heterocycles. The fourth-order valence-electron chi connectivity index (χ4n) is 4.04. The van der Waals surface area contributed by atoms with Crippen LogP contribution in [0, 0.1) is 0 Å². The number of rotatable bonds is 9. The minimum atomic E-state index is -3.78. The third-order valence-electron chi connectivity index (χ3n) is 5.85. The molecule has 9 heteroatoms. The first kappa shape index (κ1) is 25.2. The molecule has 2 amide bonds. The predicted octanol–water partition coefficient (Wildman–Crippen LogP) is 3.31. The lowest BCUT2D eigenvalue weighted by Gasteiger charge is -2.34. The number of carbonyl (C=O) groups excluding carboxylic acids is 2. The Morgan fingerprint density at radius 1 is 1.06 bits per heavy atom. The van der Waals surface area contributed by atoms with Gasteiger partial charge in [-0.05, 0) is 37.0 Å². The maximum absolute atomic E-state index is 13.0. The first-order valence-corrected chi connectivity index (χ1v) is 13.0. The van der Waals surface area contributed by atoms with Gasteiger partial charge in [0.1, 0.15) is 4.90 Å². The second kappa shape index (κ2) is 11.6. The second-order valence-electron chi connectivity index (χ2n) is 8.12. The van der Waals surface area contributed by atoms with Crippen molar-refractivity contribution in [2.24, 2.45) is 0 Å². The number of halogens is 1. The molecule has 2 aromatic rings. The quantitative estimate of drug-likeness (QED) is 0.562. The Kier molecular flexibility index (Phi) is 8.88. The molecule has 0 spiro atoms. The first-order chi connectivity index (χ1) is 15.8. The average Bonchev–Trinajstić information content (AvgIpc) is 2.80. The van der Waals surface area contributed by atoms with E-state index in [4.69, 9.17) is 11.6 Å². The van der Waals surface area contributed by atoms with Crippen molar-refractivity contribution in [3.05, 3.63) is 65.2 Å². The molecule has 2 N–H and O–H groups in total. The summed E-state index contributed by atoms with van der Waals surface area (Å²) >= 11 is 5.95. The molecule has 2 aromatic carbocycles. The number of nitrogens with one attached hydrogen (secondary N) is 2. The molecule has 0 saturated carbocycles. The molecular formula is C24H30ClN3O4S. The number of amides is 2. The number of nitrogens with zero attached hydrogens (tertiary/aromatic N) is 1. The van der Waals surface area contributed by atoms with Crippen LogP contribution in [-0.2, 0) is 19.6 Å². The molecule has 0 radical (unpaired) electrons. The molecule has 1 atom stereocenters. The molecule has 1 aliphatic rings. The van der Waals surface area contributed by atoms with Crippen molar-refractivity contribution in [1.82, 2.24) is 14.9 Å². The topological polar surface area (TPSA) is 95.6 Å². The Morgan fingerprint density at radius 2 is 1.70 bits per heavy atom. The van der Waals surface area contributed by atoms with Gasteiger partial charge in [-0.3, -0.25) is 9.59 Å². The van der Waals surface area contributed by atoms with Crippen LogP contribution in [0.2, 0.25) is 5.02 Å². The van der Waals surface area contributed by atoms with Gasteiger partial charge in [-0.25, -0.2) is 13.1 Å². The molecule has 0 aliphatic carbocycles. The Balaban J connectivity index is 1.43. The Hall–Kier alpha value is -2.42. The number of likely N-dealkylation sites (tertiary alicyclic amines) is 1. The van der Waals surface area contributed by atoms with Crippen molar-refractivity contribution < 1.29 is 18.0 Å². The van der Waals surface area contributed by atoms with E-state index >= 15 is 0 Å². The van der Waals surface area contributed by atoms with Crippen molar-refractivity contribution in [3.63, 3.8) is 0 Å². The molecule has 0 bridgehead atoms. The first-order valence-electron chi connectivity index (χ1n) is 11.2. The summed E-state index contributed by atoms with van der Waals surface area (Å²) < 4.78 is 27.1. The minimum absolute atomic E-state index is 0.00926. The zero-order valence-corrected chi connectivity index (χ0v) is 20.2. The zero-order valence-electron chi connectivity index (χ0n) is 18.7. The van der Waals surface area contributed by atoms with Gasteiger partial charge in [0.15, 0.2) is 0 Å². The van der Waals surface area contributed by atoms with Crippen molar-refractivity contribution in [3.8, 4) is 0 Å².